The van der Waals surface area contributed by atoms with Crippen LogP contribution in [0.1, 0.15) is 48.0 Å². The molecule has 2 atom stereocenters. The molecular weight excluding hydrogens is 270 g/mol. The van der Waals surface area contributed by atoms with Gasteiger partial charge < -0.3 is 10.6 Å². The van der Waals surface area contributed by atoms with Crippen LogP contribution in [0.15, 0.2) is 4.99 Å². The lowest BCUT2D eigenvalue weighted by atomic mass is 9.85. The van der Waals surface area contributed by atoms with Crippen LogP contribution in [0.4, 0.5) is 0 Å². The van der Waals surface area contributed by atoms with E-state index in [-0.39, 0.29) is 17.4 Å². The molecule has 0 aromatic rings. The first-order valence-corrected chi connectivity index (χ1v) is 8.43. The Bertz CT molecular complexity index is 361. The molecule has 0 saturated heterocycles. The Hall–Kier alpha value is -0.710. The van der Waals surface area contributed by atoms with Gasteiger partial charge in [-0.1, -0.05) is 46.4 Å². The van der Waals surface area contributed by atoms with E-state index in [9.17, 15) is 4.79 Å². The zero-order chi connectivity index (χ0) is 15.3. The molecule has 2 N–H and O–H groups in total. The second-order valence-corrected chi connectivity index (χ2v) is 8.04. The highest BCUT2D eigenvalue weighted by Crippen LogP contribution is 2.30. The zero-order valence-corrected chi connectivity index (χ0v) is 14.4. The molecule has 116 valence electrons. The Morgan fingerprint density at radius 2 is 2.05 bits per heavy atom. The molecule has 0 aliphatic carbocycles. The van der Waals surface area contributed by atoms with E-state index in [1.807, 2.05) is 6.92 Å². The first-order chi connectivity index (χ1) is 9.20. The summed E-state index contributed by atoms with van der Waals surface area (Å²) in [6.07, 6.45) is 1.10. The lowest BCUT2D eigenvalue weighted by Crippen LogP contribution is -2.46. The maximum Gasteiger partial charge on any atom is 0.242 e. The van der Waals surface area contributed by atoms with Gasteiger partial charge in [0.05, 0.1) is 6.04 Å². The average Bonchev–Trinajstić information content (AvgIpc) is 2.35. The summed E-state index contributed by atoms with van der Waals surface area (Å²) >= 11 is 1.71. The predicted molar refractivity (Wildman–Crippen MR) is 88.2 cm³/mol. The quantitative estimate of drug-likeness (QED) is 0.839. The molecule has 5 heteroatoms. The van der Waals surface area contributed by atoms with Gasteiger partial charge >= 0.3 is 0 Å². The normalized spacial score (nSPS) is 21.4. The Morgan fingerprint density at radius 3 is 2.60 bits per heavy atom. The van der Waals surface area contributed by atoms with Crippen molar-refractivity contribution in [3.05, 3.63) is 0 Å². The third kappa shape index (κ3) is 5.73. The number of hydrogen-bond acceptors (Lipinski definition) is 4. The topological polar surface area (TPSA) is 53.5 Å². The number of hydrogen-bond donors (Lipinski definition) is 2. The van der Waals surface area contributed by atoms with Gasteiger partial charge in [-0.3, -0.25) is 9.79 Å². The number of nitrogens with zero attached hydrogens (tertiary/aromatic N) is 1. The molecule has 20 heavy (non-hydrogen) atoms. The molecule has 0 radical (unpaired) electrons. The summed E-state index contributed by atoms with van der Waals surface area (Å²) in [5.74, 6) is 1.58. The van der Waals surface area contributed by atoms with Crippen molar-refractivity contribution in [2.24, 2.45) is 16.3 Å². The molecule has 1 amide bonds. The van der Waals surface area contributed by atoms with Gasteiger partial charge in [-0.25, -0.2) is 0 Å². The van der Waals surface area contributed by atoms with Crippen molar-refractivity contribution in [2.45, 2.75) is 60.0 Å². The summed E-state index contributed by atoms with van der Waals surface area (Å²) in [7, 11) is 0. The molecular formula is C15H29N3OS. The van der Waals surface area contributed by atoms with Crippen molar-refractivity contribution in [3.8, 4) is 0 Å². The van der Waals surface area contributed by atoms with E-state index in [0.717, 1.165) is 23.9 Å². The molecule has 1 aliphatic heterocycles. The Balaban J connectivity index is 2.54. The van der Waals surface area contributed by atoms with Crippen LogP contribution in [0.3, 0.4) is 0 Å². The second-order valence-electron chi connectivity index (χ2n) is 6.96. The van der Waals surface area contributed by atoms with Crippen LogP contribution in [-0.4, -0.2) is 35.5 Å². The van der Waals surface area contributed by atoms with E-state index >= 15 is 0 Å². The first kappa shape index (κ1) is 17.3. The minimum absolute atomic E-state index is 0.0416. The maximum atomic E-state index is 12.0. The Morgan fingerprint density at radius 1 is 1.40 bits per heavy atom. The second kappa shape index (κ2) is 7.34. The van der Waals surface area contributed by atoms with E-state index in [2.05, 4.69) is 45.3 Å². The summed E-state index contributed by atoms with van der Waals surface area (Å²) in [5.41, 5.74) is 0.178. The van der Waals surface area contributed by atoms with E-state index in [1.165, 1.54) is 0 Å². The summed E-state index contributed by atoms with van der Waals surface area (Å²) in [5, 5.41) is 7.10. The highest BCUT2D eigenvalue weighted by atomic mass is 32.2. The molecule has 1 aliphatic rings. The third-order valence-electron chi connectivity index (χ3n) is 3.32. The van der Waals surface area contributed by atoms with Gasteiger partial charge in [0.25, 0.3) is 0 Å². The van der Waals surface area contributed by atoms with Crippen LogP contribution in [0.5, 0.6) is 0 Å². The lowest BCUT2D eigenvalue weighted by Gasteiger charge is -2.31. The molecule has 2 unspecified atom stereocenters. The molecule has 0 fully saturated rings. The van der Waals surface area contributed by atoms with Crippen LogP contribution in [0, 0.1) is 11.3 Å². The fraction of sp³-hybridized carbons (Fsp3) is 0.867. The van der Waals surface area contributed by atoms with Crippen LogP contribution >= 0.6 is 11.8 Å². The summed E-state index contributed by atoms with van der Waals surface area (Å²) in [4.78, 5) is 16.7. The highest BCUT2D eigenvalue weighted by molar-refractivity contribution is 8.13. The van der Waals surface area contributed by atoms with Crippen LogP contribution in [0.2, 0.25) is 0 Å². The van der Waals surface area contributed by atoms with Gasteiger partial charge in [-0.2, -0.15) is 0 Å². The minimum atomic E-state index is -0.237. The van der Waals surface area contributed by atoms with Crippen molar-refractivity contribution in [1.82, 2.24) is 10.6 Å². The van der Waals surface area contributed by atoms with Gasteiger partial charge in [0.15, 0.2) is 5.17 Å². The van der Waals surface area contributed by atoms with Crippen LogP contribution < -0.4 is 10.6 Å². The van der Waals surface area contributed by atoms with Gasteiger partial charge in [0.1, 0.15) is 6.04 Å². The van der Waals surface area contributed by atoms with E-state index < -0.39 is 0 Å². The van der Waals surface area contributed by atoms with Gasteiger partial charge in [0.2, 0.25) is 5.91 Å². The van der Waals surface area contributed by atoms with Crippen LogP contribution in [0.25, 0.3) is 0 Å². The number of aliphatic imine (C=N–C) groups is 1. The van der Waals surface area contributed by atoms with Crippen molar-refractivity contribution in [1.29, 1.82) is 0 Å². The molecule has 0 aromatic heterocycles. The molecule has 0 spiro atoms. The number of carbonyl (C=O) groups excluding carboxylic acids is 1. The van der Waals surface area contributed by atoms with Crippen molar-refractivity contribution in [2.75, 3.05) is 12.3 Å². The molecule has 4 nitrogen and oxygen atoms in total. The SMILES string of the molecule is CC(C)CNC(=O)C(C)NC1=NC(C(C)(C)C)CCS1. The first-order valence-electron chi connectivity index (χ1n) is 7.45. The fourth-order valence-corrected chi connectivity index (χ4v) is 2.92. The maximum absolute atomic E-state index is 12.0. The Kier molecular flexibility index (Phi) is 6.37. The van der Waals surface area contributed by atoms with E-state index in [4.69, 9.17) is 4.99 Å². The summed E-state index contributed by atoms with van der Waals surface area (Å²) in [6, 6.07) is 0.0934. The largest absolute Gasteiger partial charge is 0.354 e. The van der Waals surface area contributed by atoms with Crippen LogP contribution in [-0.2, 0) is 4.79 Å². The van der Waals surface area contributed by atoms with Crippen molar-refractivity contribution >= 4 is 22.8 Å². The number of amidine groups is 1. The number of nitrogens with one attached hydrogen (secondary N) is 2. The van der Waals surface area contributed by atoms with Gasteiger partial charge in [-0.05, 0) is 24.7 Å². The molecule has 1 heterocycles. The minimum Gasteiger partial charge on any atom is -0.354 e. The fourth-order valence-electron chi connectivity index (χ4n) is 1.92. The predicted octanol–water partition coefficient (Wildman–Crippen LogP) is 2.64. The monoisotopic (exact) mass is 299 g/mol. The summed E-state index contributed by atoms with van der Waals surface area (Å²) < 4.78 is 0. The number of thioether (sulfide) groups is 1. The standard InChI is InChI=1S/C15H29N3OS/c1-10(2)9-16-13(19)11(3)17-14-18-12(7-8-20-14)15(4,5)6/h10-12H,7-9H2,1-6H3,(H,16,19)(H,17,18). The smallest absolute Gasteiger partial charge is 0.242 e. The van der Waals surface area contributed by atoms with E-state index in [0.29, 0.717) is 12.0 Å². The highest BCUT2D eigenvalue weighted by Gasteiger charge is 2.28. The molecule has 1 rings (SSSR count). The van der Waals surface area contributed by atoms with E-state index in [1.54, 1.807) is 11.8 Å². The zero-order valence-electron chi connectivity index (χ0n) is 13.6. The van der Waals surface area contributed by atoms with Gasteiger partial charge in [0, 0.05) is 12.3 Å². The molecule has 0 aromatic carbocycles. The summed E-state index contributed by atoms with van der Waals surface area (Å²) in [6.45, 7) is 13.4. The molecule has 0 bridgehead atoms. The number of carbonyl (C=O) groups is 1. The lowest BCUT2D eigenvalue weighted by molar-refractivity contribution is -0.122. The van der Waals surface area contributed by atoms with Crippen molar-refractivity contribution in [3.63, 3.8) is 0 Å². The van der Waals surface area contributed by atoms with Gasteiger partial charge in [-0.15, -0.1) is 0 Å². The average molecular weight is 299 g/mol. The Labute approximate surface area is 127 Å². The van der Waals surface area contributed by atoms with Crippen molar-refractivity contribution < 1.29 is 4.79 Å². The molecule has 0 saturated carbocycles. The number of amides is 1. The third-order valence-corrected chi connectivity index (χ3v) is 4.26. The number of rotatable bonds is 4.